The predicted octanol–water partition coefficient (Wildman–Crippen LogP) is 4.04. The van der Waals surface area contributed by atoms with E-state index >= 15 is 0 Å². The highest BCUT2D eigenvalue weighted by atomic mass is 16.2. The molecule has 6 nitrogen and oxygen atoms in total. The summed E-state index contributed by atoms with van der Waals surface area (Å²) in [6.45, 7) is 3.95. The summed E-state index contributed by atoms with van der Waals surface area (Å²) in [5.74, 6) is -0.666. The minimum Gasteiger partial charge on any atom is -0.324 e. The molecule has 0 radical (unpaired) electrons. The molecule has 0 unspecified atom stereocenters. The smallest absolute Gasteiger partial charge is 0.238 e. The van der Waals surface area contributed by atoms with Gasteiger partial charge in [-0.05, 0) is 44.2 Å². The summed E-state index contributed by atoms with van der Waals surface area (Å²) in [6.07, 6.45) is 0. The van der Waals surface area contributed by atoms with Crippen molar-refractivity contribution in [1.82, 2.24) is 4.90 Å². The van der Waals surface area contributed by atoms with Crippen LogP contribution in [0.1, 0.15) is 27.0 Å². The quantitative estimate of drug-likeness (QED) is 0.530. The van der Waals surface area contributed by atoms with Crippen LogP contribution in [0.3, 0.4) is 0 Å². The summed E-state index contributed by atoms with van der Waals surface area (Å²) in [4.78, 5) is 39.5. The number of benzene rings is 3. The molecule has 0 heterocycles. The average Bonchev–Trinajstić information content (AvgIpc) is 2.76. The van der Waals surface area contributed by atoms with Gasteiger partial charge in [-0.2, -0.15) is 0 Å². The Morgan fingerprint density at radius 1 is 0.719 bits per heavy atom. The number of carbonyl (C=O) groups is 3. The van der Waals surface area contributed by atoms with E-state index in [2.05, 4.69) is 10.6 Å². The van der Waals surface area contributed by atoms with Crippen LogP contribution >= 0.6 is 0 Å². The third kappa shape index (κ3) is 5.89. The molecule has 0 aromatic heterocycles. The van der Waals surface area contributed by atoms with Crippen molar-refractivity contribution in [1.29, 1.82) is 0 Å². The fraction of sp³-hybridized carbons (Fsp3) is 0.192. The van der Waals surface area contributed by atoms with E-state index in [0.717, 1.165) is 16.8 Å². The van der Waals surface area contributed by atoms with Gasteiger partial charge >= 0.3 is 0 Å². The number of hydrogen-bond donors (Lipinski definition) is 2. The molecule has 2 N–H and O–H groups in total. The Morgan fingerprint density at radius 3 is 1.94 bits per heavy atom. The van der Waals surface area contributed by atoms with E-state index in [1.54, 1.807) is 60.5 Å². The van der Waals surface area contributed by atoms with Crippen molar-refractivity contribution in [2.75, 3.05) is 30.8 Å². The number of aryl methyl sites for hydroxylation is 2. The summed E-state index contributed by atoms with van der Waals surface area (Å²) in [6, 6.07) is 21.6. The predicted molar refractivity (Wildman–Crippen MR) is 127 cm³/mol. The van der Waals surface area contributed by atoms with Crippen molar-refractivity contribution in [3.05, 3.63) is 95.1 Å². The molecule has 0 fully saturated rings. The van der Waals surface area contributed by atoms with Gasteiger partial charge in [0.05, 0.1) is 18.8 Å². The van der Waals surface area contributed by atoms with Gasteiger partial charge in [0, 0.05) is 16.8 Å². The molecular weight excluding hydrogens is 402 g/mol. The molecule has 0 aliphatic carbocycles. The number of para-hydroxylation sites is 2. The Morgan fingerprint density at radius 2 is 1.28 bits per heavy atom. The summed E-state index contributed by atoms with van der Waals surface area (Å²) in [5.41, 5.74) is 4.18. The van der Waals surface area contributed by atoms with Gasteiger partial charge in [0.2, 0.25) is 11.8 Å². The topological polar surface area (TPSA) is 78.5 Å². The Balaban J connectivity index is 1.60. The second-order valence-corrected chi connectivity index (χ2v) is 7.78. The SMILES string of the molecule is Cc1cccc(C)c1NC(=O)CN(C)CC(=O)Nc1ccccc1C(=O)c1ccccc1. The van der Waals surface area contributed by atoms with Gasteiger partial charge in [0.15, 0.2) is 5.78 Å². The molecule has 164 valence electrons. The number of hydrogen-bond acceptors (Lipinski definition) is 4. The third-order valence-electron chi connectivity index (χ3n) is 5.05. The van der Waals surface area contributed by atoms with Crippen LogP contribution in [0, 0.1) is 13.8 Å². The van der Waals surface area contributed by atoms with Crippen molar-refractivity contribution in [2.45, 2.75) is 13.8 Å². The van der Waals surface area contributed by atoms with Gasteiger partial charge in [0.25, 0.3) is 0 Å². The van der Waals surface area contributed by atoms with E-state index in [4.69, 9.17) is 0 Å². The molecule has 0 aliphatic heterocycles. The van der Waals surface area contributed by atoms with Crippen LogP contribution in [0.25, 0.3) is 0 Å². The molecule has 32 heavy (non-hydrogen) atoms. The molecule has 0 bridgehead atoms. The van der Waals surface area contributed by atoms with Crippen LogP contribution < -0.4 is 10.6 Å². The monoisotopic (exact) mass is 429 g/mol. The summed E-state index contributed by atoms with van der Waals surface area (Å²) < 4.78 is 0. The molecule has 0 saturated carbocycles. The van der Waals surface area contributed by atoms with Crippen LogP contribution in [0.4, 0.5) is 11.4 Å². The average molecular weight is 430 g/mol. The Labute approximate surface area is 188 Å². The third-order valence-corrected chi connectivity index (χ3v) is 5.05. The van der Waals surface area contributed by atoms with Crippen LogP contribution in [0.5, 0.6) is 0 Å². The molecular formula is C26H27N3O3. The van der Waals surface area contributed by atoms with Gasteiger partial charge in [-0.3, -0.25) is 19.3 Å². The number of rotatable bonds is 8. The summed E-state index contributed by atoms with van der Waals surface area (Å²) in [5, 5.41) is 5.72. The zero-order chi connectivity index (χ0) is 23.1. The van der Waals surface area contributed by atoms with Crippen LogP contribution in [0.2, 0.25) is 0 Å². The highest BCUT2D eigenvalue weighted by Gasteiger charge is 2.17. The number of amides is 2. The Kier molecular flexibility index (Phi) is 7.52. The van der Waals surface area contributed by atoms with Crippen molar-refractivity contribution >= 4 is 29.0 Å². The zero-order valence-electron chi connectivity index (χ0n) is 18.5. The van der Waals surface area contributed by atoms with E-state index in [-0.39, 0.29) is 30.7 Å². The zero-order valence-corrected chi connectivity index (χ0v) is 18.5. The van der Waals surface area contributed by atoms with E-state index in [1.807, 2.05) is 38.1 Å². The lowest BCUT2D eigenvalue weighted by molar-refractivity contribution is -0.119. The highest BCUT2D eigenvalue weighted by molar-refractivity contribution is 6.13. The van der Waals surface area contributed by atoms with Gasteiger partial charge in [0.1, 0.15) is 0 Å². The molecule has 3 aromatic rings. The lowest BCUT2D eigenvalue weighted by Crippen LogP contribution is -2.36. The molecule has 0 saturated heterocycles. The molecule has 3 rings (SSSR count). The van der Waals surface area contributed by atoms with Gasteiger partial charge in [-0.25, -0.2) is 0 Å². The maximum Gasteiger partial charge on any atom is 0.238 e. The molecule has 0 atom stereocenters. The maximum atomic E-state index is 12.8. The fourth-order valence-electron chi connectivity index (χ4n) is 3.46. The minimum absolute atomic E-state index is 0.00797. The molecule has 2 amide bonds. The van der Waals surface area contributed by atoms with Crippen molar-refractivity contribution < 1.29 is 14.4 Å². The number of nitrogens with zero attached hydrogens (tertiary/aromatic N) is 1. The van der Waals surface area contributed by atoms with Crippen LogP contribution in [-0.2, 0) is 9.59 Å². The van der Waals surface area contributed by atoms with Crippen LogP contribution in [-0.4, -0.2) is 42.6 Å². The molecule has 3 aromatic carbocycles. The first-order valence-electron chi connectivity index (χ1n) is 10.4. The lowest BCUT2D eigenvalue weighted by atomic mass is 10.0. The van der Waals surface area contributed by atoms with E-state index in [1.165, 1.54) is 0 Å². The normalized spacial score (nSPS) is 10.6. The van der Waals surface area contributed by atoms with E-state index in [0.29, 0.717) is 16.8 Å². The highest BCUT2D eigenvalue weighted by Crippen LogP contribution is 2.20. The number of nitrogens with one attached hydrogen (secondary N) is 2. The Hall–Kier alpha value is -3.77. The van der Waals surface area contributed by atoms with Crippen molar-refractivity contribution in [2.24, 2.45) is 0 Å². The van der Waals surface area contributed by atoms with E-state index < -0.39 is 0 Å². The number of likely N-dealkylation sites (N-methyl/N-ethyl adjacent to an activating group) is 1. The van der Waals surface area contributed by atoms with Crippen LogP contribution in [0.15, 0.2) is 72.8 Å². The number of carbonyl (C=O) groups excluding carboxylic acids is 3. The largest absolute Gasteiger partial charge is 0.324 e. The summed E-state index contributed by atoms with van der Waals surface area (Å²) in [7, 11) is 1.70. The molecule has 0 spiro atoms. The first-order valence-corrected chi connectivity index (χ1v) is 10.4. The van der Waals surface area contributed by atoms with Gasteiger partial charge in [-0.15, -0.1) is 0 Å². The summed E-state index contributed by atoms with van der Waals surface area (Å²) >= 11 is 0. The maximum absolute atomic E-state index is 12.8. The number of ketones is 1. The van der Waals surface area contributed by atoms with Gasteiger partial charge < -0.3 is 10.6 Å². The van der Waals surface area contributed by atoms with Crippen molar-refractivity contribution in [3.63, 3.8) is 0 Å². The number of anilines is 2. The Bertz CT molecular complexity index is 1110. The standard InChI is InChI=1S/C26H27N3O3/c1-18-10-9-11-19(2)25(18)28-24(31)17-29(3)16-23(30)27-22-15-8-7-14-21(22)26(32)20-12-5-4-6-13-20/h4-15H,16-17H2,1-3H3,(H,27,30)(H,28,31). The molecule has 0 aliphatic rings. The second-order valence-electron chi connectivity index (χ2n) is 7.78. The van der Waals surface area contributed by atoms with Gasteiger partial charge in [-0.1, -0.05) is 60.7 Å². The van der Waals surface area contributed by atoms with Crippen molar-refractivity contribution in [3.8, 4) is 0 Å². The first-order chi connectivity index (χ1) is 15.3. The molecule has 6 heteroatoms. The van der Waals surface area contributed by atoms with E-state index in [9.17, 15) is 14.4 Å². The first kappa shape index (κ1) is 22.9. The fourth-order valence-corrected chi connectivity index (χ4v) is 3.46. The second kappa shape index (κ2) is 10.5. The lowest BCUT2D eigenvalue weighted by Gasteiger charge is -2.18. The minimum atomic E-state index is -0.305.